The molecule has 1 aromatic rings. The van der Waals surface area contributed by atoms with Crippen molar-refractivity contribution in [1.29, 1.82) is 0 Å². The van der Waals surface area contributed by atoms with Crippen LogP contribution in [0.4, 0.5) is 0 Å². The van der Waals surface area contributed by atoms with Gasteiger partial charge in [0.25, 0.3) is 0 Å². The predicted molar refractivity (Wildman–Crippen MR) is 62.8 cm³/mol. The quantitative estimate of drug-likeness (QED) is 0.774. The van der Waals surface area contributed by atoms with Gasteiger partial charge in [0, 0.05) is 12.1 Å². The Hall–Kier alpha value is -1.28. The molecule has 0 radical (unpaired) electrons. The van der Waals surface area contributed by atoms with Crippen LogP contribution in [0.3, 0.4) is 0 Å². The molecule has 0 aliphatic heterocycles. The van der Waals surface area contributed by atoms with E-state index in [0.29, 0.717) is 12.3 Å². The van der Waals surface area contributed by atoms with E-state index >= 15 is 0 Å². The third-order valence-corrected chi connectivity index (χ3v) is 2.92. The van der Waals surface area contributed by atoms with Gasteiger partial charge >= 0.3 is 0 Å². The minimum absolute atomic E-state index is 0.375. The van der Waals surface area contributed by atoms with E-state index < -0.39 is 0 Å². The number of benzene rings is 1. The Morgan fingerprint density at radius 2 is 1.87 bits per heavy atom. The summed E-state index contributed by atoms with van der Waals surface area (Å²) in [6, 6.07) is 4.00. The fourth-order valence-corrected chi connectivity index (χ4v) is 2.12. The first-order valence-electron chi connectivity index (χ1n) is 5.52. The minimum Gasteiger partial charge on any atom is -0.507 e. The van der Waals surface area contributed by atoms with Gasteiger partial charge in [-0.05, 0) is 48.9 Å². The molecular formula is C13H17NO. The van der Waals surface area contributed by atoms with Crippen molar-refractivity contribution in [2.24, 2.45) is 5.73 Å². The average molecular weight is 203 g/mol. The average Bonchev–Trinajstić information content (AvgIpc) is 2.26. The molecule has 1 aliphatic carbocycles. The summed E-state index contributed by atoms with van der Waals surface area (Å²) in [5, 5.41) is 9.80. The summed E-state index contributed by atoms with van der Waals surface area (Å²) in [6.45, 7) is 0.510. The van der Waals surface area contributed by atoms with E-state index in [1.165, 1.54) is 24.0 Å². The SMILES string of the molecule is NC/C=C/c1cc2c(cc1O)CCCC2. The number of rotatable bonds is 2. The molecule has 80 valence electrons. The molecule has 0 saturated heterocycles. The van der Waals surface area contributed by atoms with E-state index in [4.69, 9.17) is 5.73 Å². The van der Waals surface area contributed by atoms with Crippen LogP contribution in [0.25, 0.3) is 6.08 Å². The lowest BCUT2D eigenvalue weighted by Gasteiger charge is -2.16. The van der Waals surface area contributed by atoms with Gasteiger partial charge in [-0.1, -0.05) is 12.2 Å². The molecule has 15 heavy (non-hydrogen) atoms. The predicted octanol–water partition coefficient (Wildman–Crippen LogP) is 2.24. The summed E-state index contributed by atoms with van der Waals surface area (Å²) in [5.74, 6) is 0.375. The first-order valence-corrected chi connectivity index (χ1v) is 5.52. The van der Waals surface area contributed by atoms with E-state index in [-0.39, 0.29) is 0 Å². The van der Waals surface area contributed by atoms with Gasteiger partial charge in [0.1, 0.15) is 5.75 Å². The highest BCUT2D eigenvalue weighted by Gasteiger charge is 2.11. The molecule has 0 saturated carbocycles. The monoisotopic (exact) mass is 203 g/mol. The Morgan fingerprint density at radius 3 is 2.53 bits per heavy atom. The second kappa shape index (κ2) is 4.49. The lowest BCUT2D eigenvalue weighted by atomic mass is 9.90. The number of phenols is 1. The molecule has 1 aromatic carbocycles. The Bertz CT molecular complexity index is 382. The minimum atomic E-state index is 0.375. The number of fused-ring (bicyclic) bond motifs is 1. The third-order valence-electron chi connectivity index (χ3n) is 2.92. The molecule has 0 atom stereocenters. The van der Waals surface area contributed by atoms with Crippen LogP contribution in [0.5, 0.6) is 5.75 Å². The van der Waals surface area contributed by atoms with Gasteiger partial charge in [-0.3, -0.25) is 0 Å². The van der Waals surface area contributed by atoms with E-state index in [9.17, 15) is 5.11 Å². The Balaban J connectivity index is 2.36. The van der Waals surface area contributed by atoms with E-state index in [1.807, 2.05) is 18.2 Å². The maximum atomic E-state index is 9.80. The van der Waals surface area contributed by atoms with Crippen LogP contribution < -0.4 is 5.73 Å². The summed E-state index contributed by atoms with van der Waals surface area (Å²) in [7, 11) is 0. The number of aromatic hydroxyl groups is 1. The Morgan fingerprint density at radius 1 is 1.20 bits per heavy atom. The molecule has 0 fully saturated rings. The molecule has 0 amide bonds. The molecular weight excluding hydrogens is 186 g/mol. The normalized spacial score (nSPS) is 15.5. The fourth-order valence-electron chi connectivity index (χ4n) is 2.12. The molecule has 0 aromatic heterocycles. The zero-order valence-electron chi connectivity index (χ0n) is 8.87. The fraction of sp³-hybridized carbons (Fsp3) is 0.385. The maximum Gasteiger partial charge on any atom is 0.123 e. The highest BCUT2D eigenvalue weighted by Crippen LogP contribution is 2.29. The zero-order chi connectivity index (χ0) is 10.7. The summed E-state index contributed by atoms with van der Waals surface area (Å²) < 4.78 is 0. The molecule has 0 spiro atoms. The lowest BCUT2D eigenvalue weighted by Crippen LogP contribution is -2.02. The molecule has 2 nitrogen and oxygen atoms in total. The van der Waals surface area contributed by atoms with Gasteiger partial charge in [-0.2, -0.15) is 0 Å². The number of hydrogen-bond acceptors (Lipinski definition) is 2. The van der Waals surface area contributed by atoms with Gasteiger partial charge in [0.15, 0.2) is 0 Å². The molecule has 0 bridgehead atoms. The number of aryl methyl sites for hydroxylation is 2. The van der Waals surface area contributed by atoms with Crippen molar-refractivity contribution in [3.05, 3.63) is 34.9 Å². The smallest absolute Gasteiger partial charge is 0.123 e. The number of hydrogen-bond donors (Lipinski definition) is 2. The Kier molecular flexibility index (Phi) is 3.07. The second-order valence-corrected chi connectivity index (χ2v) is 4.02. The highest BCUT2D eigenvalue weighted by molar-refractivity contribution is 5.59. The zero-order valence-corrected chi connectivity index (χ0v) is 8.87. The lowest BCUT2D eigenvalue weighted by molar-refractivity contribution is 0.472. The van der Waals surface area contributed by atoms with Gasteiger partial charge in [-0.15, -0.1) is 0 Å². The summed E-state index contributed by atoms with van der Waals surface area (Å²) in [5.41, 5.74) is 8.98. The van der Waals surface area contributed by atoms with Crippen molar-refractivity contribution < 1.29 is 5.11 Å². The van der Waals surface area contributed by atoms with Crippen molar-refractivity contribution in [1.82, 2.24) is 0 Å². The number of nitrogens with two attached hydrogens (primary N) is 1. The van der Waals surface area contributed by atoms with Crippen LogP contribution in [0.2, 0.25) is 0 Å². The molecule has 3 N–H and O–H groups in total. The topological polar surface area (TPSA) is 46.2 Å². The second-order valence-electron chi connectivity index (χ2n) is 4.02. The molecule has 0 unspecified atom stereocenters. The van der Waals surface area contributed by atoms with Crippen molar-refractivity contribution in [2.75, 3.05) is 6.54 Å². The molecule has 2 rings (SSSR count). The maximum absolute atomic E-state index is 9.80. The van der Waals surface area contributed by atoms with Crippen LogP contribution in [0.1, 0.15) is 29.5 Å². The first-order chi connectivity index (χ1) is 7.31. The van der Waals surface area contributed by atoms with Crippen molar-refractivity contribution in [2.45, 2.75) is 25.7 Å². The molecule has 2 heteroatoms. The number of phenolic OH excluding ortho intramolecular Hbond substituents is 1. The van der Waals surface area contributed by atoms with Crippen LogP contribution >= 0.6 is 0 Å². The highest BCUT2D eigenvalue weighted by atomic mass is 16.3. The van der Waals surface area contributed by atoms with Crippen molar-refractivity contribution >= 4 is 6.08 Å². The summed E-state index contributed by atoms with van der Waals surface area (Å²) >= 11 is 0. The largest absolute Gasteiger partial charge is 0.507 e. The van der Waals surface area contributed by atoms with Crippen molar-refractivity contribution in [3.63, 3.8) is 0 Å². The van der Waals surface area contributed by atoms with Gasteiger partial charge < -0.3 is 10.8 Å². The van der Waals surface area contributed by atoms with Crippen LogP contribution in [-0.2, 0) is 12.8 Å². The van der Waals surface area contributed by atoms with E-state index in [0.717, 1.165) is 18.4 Å². The van der Waals surface area contributed by atoms with Crippen LogP contribution in [0.15, 0.2) is 18.2 Å². The van der Waals surface area contributed by atoms with E-state index in [1.54, 1.807) is 0 Å². The third kappa shape index (κ3) is 2.21. The summed E-state index contributed by atoms with van der Waals surface area (Å²) in [4.78, 5) is 0. The van der Waals surface area contributed by atoms with Crippen molar-refractivity contribution in [3.8, 4) is 5.75 Å². The first kappa shape index (κ1) is 10.2. The van der Waals surface area contributed by atoms with Crippen LogP contribution in [0, 0.1) is 0 Å². The van der Waals surface area contributed by atoms with Gasteiger partial charge in [-0.25, -0.2) is 0 Å². The standard InChI is InChI=1S/C13H17NO/c14-7-3-6-12-8-10-4-1-2-5-11(10)9-13(12)15/h3,6,8-9,15H,1-2,4-5,7,14H2/b6-3+. The molecule has 0 heterocycles. The van der Waals surface area contributed by atoms with Crippen LogP contribution in [-0.4, -0.2) is 11.7 Å². The van der Waals surface area contributed by atoms with Gasteiger partial charge in [0.05, 0.1) is 0 Å². The Labute approximate surface area is 90.4 Å². The molecule has 1 aliphatic rings. The van der Waals surface area contributed by atoms with E-state index in [2.05, 4.69) is 6.07 Å². The summed E-state index contributed by atoms with van der Waals surface area (Å²) in [6.07, 6.45) is 8.50. The van der Waals surface area contributed by atoms with Gasteiger partial charge in [0.2, 0.25) is 0 Å².